The lowest BCUT2D eigenvalue weighted by molar-refractivity contribution is 0.379. The van der Waals surface area contributed by atoms with Gasteiger partial charge in [0.1, 0.15) is 0 Å². The maximum absolute atomic E-state index is 5.74. The molecular weight excluding hydrogens is 109 g/mol. The molecule has 2 radical (unpaired) electrons. The first-order valence-electron chi connectivity index (χ1n) is 3.86. The summed E-state index contributed by atoms with van der Waals surface area (Å²) in [5.74, 6) is 2.03. The van der Waals surface area contributed by atoms with E-state index in [1.54, 1.807) is 0 Å². The molecule has 2 heteroatoms. The van der Waals surface area contributed by atoms with Crippen LogP contribution in [0, 0.1) is 11.8 Å². The largest absolute Gasteiger partial charge is 0.350 e. The third-order valence-corrected chi connectivity index (χ3v) is 2.49. The average molecular weight is 121 g/mol. The third-order valence-electron chi connectivity index (χ3n) is 2.49. The molecule has 0 N–H and O–H groups in total. The highest BCUT2D eigenvalue weighted by Crippen LogP contribution is 2.64. The molecule has 2 fully saturated rings. The lowest BCUT2D eigenvalue weighted by atomic mass is 10.2. The van der Waals surface area contributed by atoms with Crippen LogP contribution in [-0.2, 0) is 0 Å². The highest BCUT2D eigenvalue weighted by molar-refractivity contribution is 6.05. The number of hydrogen-bond acceptors (Lipinski definition) is 1. The van der Waals surface area contributed by atoms with E-state index in [0.29, 0.717) is 0 Å². The Morgan fingerprint density at radius 1 is 1.56 bits per heavy atom. The monoisotopic (exact) mass is 121 g/mol. The molecule has 1 nitrogen and oxygen atoms in total. The molecule has 2 aliphatic carbocycles. The minimum atomic E-state index is 0.796. The highest BCUT2D eigenvalue weighted by atomic mass is 15.2. The summed E-state index contributed by atoms with van der Waals surface area (Å²) in [7, 11) is 5.74. The molecule has 2 rings (SSSR count). The smallest absolute Gasteiger partial charge is 0.182 e. The lowest BCUT2D eigenvalue weighted by Crippen LogP contribution is -2.28. The molecule has 2 saturated carbocycles. The Morgan fingerprint density at radius 2 is 2.22 bits per heavy atom. The van der Waals surface area contributed by atoms with E-state index in [1.807, 2.05) is 4.81 Å². The molecule has 0 bridgehead atoms. The van der Waals surface area contributed by atoms with Crippen molar-refractivity contribution in [2.45, 2.75) is 25.8 Å². The second kappa shape index (κ2) is 1.75. The van der Waals surface area contributed by atoms with Crippen LogP contribution in [0.1, 0.15) is 19.8 Å². The van der Waals surface area contributed by atoms with Crippen LogP contribution in [0.3, 0.4) is 0 Å². The van der Waals surface area contributed by atoms with Crippen molar-refractivity contribution in [2.24, 2.45) is 11.8 Å². The van der Waals surface area contributed by atoms with E-state index in [2.05, 4.69) is 6.92 Å². The average Bonchev–Trinajstić information content (AvgIpc) is 2.46. The summed E-state index contributed by atoms with van der Waals surface area (Å²) in [4.78, 5) is 2.03. The van der Waals surface area contributed by atoms with Gasteiger partial charge in [-0.1, -0.05) is 6.92 Å². The van der Waals surface area contributed by atoms with Crippen molar-refractivity contribution in [2.75, 3.05) is 6.54 Å². The molecule has 0 aromatic carbocycles. The Kier molecular flexibility index (Phi) is 1.13. The van der Waals surface area contributed by atoms with Crippen LogP contribution in [0.2, 0.25) is 0 Å². The van der Waals surface area contributed by atoms with E-state index in [1.165, 1.54) is 12.8 Å². The van der Waals surface area contributed by atoms with Gasteiger partial charge in [0.05, 0.1) is 0 Å². The predicted octanol–water partition coefficient (Wildman–Crippen LogP) is 0.800. The van der Waals surface area contributed by atoms with E-state index in [0.717, 1.165) is 24.4 Å². The number of nitrogens with zero attached hydrogens (tertiary/aromatic N) is 1. The van der Waals surface area contributed by atoms with Crippen LogP contribution in [0.25, 0.3) is 0 Å². The van der Waals surface area contributed by atoms with E-state index in [4.69, 9.17) is 7.98 Å². The van der Waals surface area contributed by atoms with Gasteiger partial charge in [-0.15, -0.1) is 0 Å². The molecule has 0 amide bonds. The Balaban J connectivity index is 1.72. The van der Waals surface area contributed by atoms with Crippen LogP contribution in [-0.4, -0.2) is 25.4 Å². The van der Waals surface area contributed by atoms with Crippen molar-refractivity contribution in [3.8, 4) is 0 Å². The zero-order valence-corrected chi connectivity index (χ0v) is 5.88. The highest BCUT2D eigenvalue weighted by Gasteiger charge is 2.65. The van der Waals surface area contributed by atoms with Gasteiger partial charge in [-0.2, -0.15) is 0 Å². The molecule has 0 aromatic rings. The molecule has 2 unspecified atom stereocenters. The first-order valence-corrected chi connectivity index (χ1v) is 3.86. The second-order valence-corrected chi connectivity index (χ2v) is 3.29. The molecule has 2 atom stereocenters. The zero-order chi connectivity index (χ0) is 6.43. The molecule has 48 valence electrons. The summed E-state index contributed by atoms with van der Waals surface area (Å²) >= 11 is 0. The molecule has 9 heavy (non-hydrogen) atoms. The normalized spacial score (nSPS) is 44.9. The minimum absolute atomic E-state index is 0.796. The van der Waals surface area contributed by atoms with E-state index >= 15 is 0 Å². The van der Waals surface area contributed by atoms with Gasteiger partial charge in [-0.3, -0.25) is 0 Å². The molecule has 0 spiro atoms. The quantitative estimate of drug-likeness (QED) is 0.499. The summed E-state index contributed by atoms with van der Waals surface area (Å²) in [6.07, 6.45) is 2.65. The van der Waals surface area contributed by atoms with Gasteiger partial charge in [0.15, 0.2) is 7.98 Å². The van der Waals surface area contributed by atoms with Crippen LogP contribution in [0.4, 0.5) is 0 Å². The summed E-state index contributed by atoms with van der Waals surface area (Å²) in [5, 5.41) is 0. The second-order valence-electron chi connectivity index (χ2n) is 3.29. The Bertz CT molecular complexity index is 118. The van der Waals surface area contributed by atoms with Crippen LogP contribution < -0.4 is 0 Å². The zero-order valence-electron chi connectivity index (χ0n) is 5.88. The Hall–Kier alpha value is 0.0249. The first-order chi connectivity index (χ1) is 4.34. The SMILES string of the molecule is [B]N(CCC)C1C2CC21. The lowest BCUT2D eigenvalue weighted by Gasteiger charge is -2.18. The molecule has 0 saturated heterocycles. The van der Waals surface area contributed by atoms with Gasteiger partial charge in [0, 0.05) is 6.04 Å². The maximum atomic E-state index is 5.74. The van der Waals surface area contributed by atoms with Crippen molar-refractivity contribution in [1.29, 1.82) is 0 Å². The third kappa shape index (κ3) is 0.805. The maximum Gasteiger partial charge on any atom is 0.182 e. The van der Waals surface area contributed by atoms with Crippen molar-refractivity contribution in [3.05, 3.63) is 0 Å². The summed E-state index contributed by atoms with van der Waals surface area (Å²) < 4.78 is 0. The van der Waals surface area contributed by atoms with Crippen molar-refractivity contribution in [1.82, 2.24) is 4.81 Å². The van der Waals surface area contributed by atoms with Gasteiger partial charge in [0.25, 0.3) is 0 Å². The predicted molar refractivity (Wildman–Crippen MR) is 38.1 cm³/mol. The van der Waals surface area contributed by atoms with Gasteiger partial charge in [-0.25, -0.2) is 0 Å². The number of rotatable bonds is 3. The topological polar surface area (TPSA) is 3.24 Å². The van der Waals surface area contributed by atoms with Crippen molar-refractivity contribution in [3.63, 3.8) is 0 Å². The van der Waals surface area contributed by atoms with E-state index < -0.39 is 0 Å². The standard InChI is InChI=1S/C7H12BN/c1-2-3-9(8)7-5-4-6(5)7/h5-7H,2-4H2,1H3. The van der Waals surface area contributed by atoms with Crippen LogP contribution in [0.5, 0.6) is 0 Å². The first kappa shape index (κ1) is 5.78. The van der Waals surface area contributed by atoms with E-state index in [9.17, 15) is 0 Å². The van der Waals surface area contributed by atoms with Crippen molar-refractivity contribution >= 4 is 7.98 Å². The fourth-order valence-corrected chi connectivity index (χ4v) is 1.64. The summed E-state index contributed by atoms with van der Waals surface area (Å²) in [6.45, 7) is 3.26. The fraction of sp³-hybridized carbons (Fsp3) is 1.00. The minimum Gasteiger partial charge on any atom is -0.350 e. The molecule has 0 aliphatic heterocycles. The van der Waals surface area contributed by atoms with Crippen molar-refractivity contribution < 1.29 is 0 Å². The van der Waals surface area contributed by atoms with Gasteiger partial charge < -0.3 is 4.81 Å². The Morgan fingerprint density at radius 3 is 2.56 bits per heavy atom. The van der Waals surface area contributed by atoms with E-state index in [-0.39, 0.29) is 0 Å². The number of fused-ring (bicyclic) bond motifs is 1. The van der Waals surface area contributed by atoms with Gasteiger partial charge in [0.2, 0.25) is 0 Å². The fourth-order valence-electron chi connectivity index (χ4n) is 1.64. The van der Waals surface area contributed by atoms with Gasteiger partial charge in [-0.05, 0) is 31.2 Å². The Labute approximate surface area is 57.9 Å². The summed E-state index contributed by atoms with van der Waals surface area (Å²) in [6, 6.07) is 0.796. The number of hydrogen-bond donors (Lipinski definition) is 0. The van der Waals surface area contributed by atoms with Crippen LogP contribution in [0.15, 0.2) is 0 Å². The summed E-state index contributed by atoms with van der Waals surface area (Å²) in [5.41, 5.74) is 0. The van der Waals surface area contributed by atoms with Crippen LogP contribution >= 0.6 is 0 Å². The van der Waals surface area contributed by atoms with Gasteiger partial charge >= 0.3 is 0 Å². The molecule has 2 aliphatic rings. The molecular formula is C7H12BN. The molecule has 0 heterocycles. The molecule has 0 aromatic heterocycles.